The van der Waals surface area contributed by atoms with E-state index in [2.05, 4.69) is 9.72 Å². The second-order valence-corrected chi connectivity index (χ2v) is 4.15. The summed E-state index contributed by atoms with van der Waals surface area (Å²) in [5.74, 6) is -0.467. The van der Waals surface area contributed by atoms with Crippen molar-refractivity contribution in [2.75, 3.05) is 12.8 Å². The fourth-order valence-corrected chi connectivity index (χ4v) is 2.40. The molecule has 0 fully saturated rings. The lowest BCUT2D eigenvalue weighted by atomic mass is 10.2. The quantitative estimate of drug-likeness (QED) is 0.767. The van der Waals surface area contributed by atoms with E-state index in [1.54, 1.807) is 12.1 Å². The molecule has 0 spiro atoms. The molecule has 0 bridgehead atoms. The molecule has 0 aliphatic rings. The highest BCUT2D eigenvalue weighted by molar-refractivity contribution is 7.21. The maximum absolute atomic E-state index is 11.4. The van der Waals surface area contributed by atoms with E-state index in [1.165, 1.54) is 7.11 Å². The molecular formula is C10H10N2O3S. The maximum Gasteiger partial charge on any atom is 0.350 e. The van der Waals surface area contributed by atoms with Crippen molar-refractivity contribution < 1.29 is 14.6 Å². The average Bonchev–Trinajstić information content (AvgIpc) is 2.65. The molecule has 0 amide bonds. The van der Waals surface area contributed by atoms with Gasteiger partial charge in [0.15, 0.2) is 0 Å². The number of rotatable bonds is 2. The summed E-state index contributed by atoms with van der Waals surface area (Å²) in [6, 6.07) is 3.42. The summed E-state index contributed by atoms with van der Waals surface area (Å²) in [6.45, 7) is -0.138. The third-order valence-electron chi connectivity index (χ3n) is 2.18. The Morgan fingerprint density at radius 3 is 3.00 bits per heavy atom. The number of ether oxygens (including phenoxy) is 1. The fourth-order valence-electron chi connectivity index (χ4n) is 1.37. The summed E-state index contributed by atoms with van der Waals surface area (Å²) in [6.07, 6.45) is 0. The Labute approximate surface area is 95.5 Å². The number of esters is 1. The van der Waals surface area contributed by atoms with Gasteiger partial charge in [-0.2, -0.15) is 0 Å². The molecule has 0 radical (unpaired) electrons. The number of carbonyl (C=O) groups excluding carboxylic acids is 1. The number of fused-ring (bicyclic) bond motifs is 1. The van der Waals surface area contributed by atoms with Gasteiger partial charge in [-0.25, -0.2) is 9.78 Å². The Balaban J connectivity index is 2.63. The Kier molecular flexibility index (Phi) is 2.76. The van der Waals surface area contributed by atoms with Crippen LogP contribution in [0.4, 0.5) is 5.69 Å². The Bertz CT molecular complexity index is 550. The minimum absolute atomic E-state index is 0.138. The molecule has 2 heterocycles. The first kappa shape index (κ1) is 10.8. The van der Waals surface area contributed by atoms with Crippen LogP contribution in [0.3, 0.4) is 0 Å². The van der Waals surface area contributed by atoms with Crippen molar-refractivity contribution in [3.63, 3.8) is 0 Å². The van der Waals surface area contributed by atoms with Crippen LogP contribution in [0.1, 0.15) is 15.4 Å². The van der Waals surface area contributed by atoms with Crippen LogP contribution in [0.2, 0.25) is 0 Å². The number of methoxy groups -OCH3 is 1. The highest BCUT2D eigenvalue weighted by atomic mass is 32.1. The van der Waals surface area contributed by atoms with Crippen molar-refractivity contribution in [1.29, 1.82) is 0 Å². The zero-order valence-corrected chi connectivity index (χ0v) is 9.37. The summed E-state index contributed by atoms with van der Waals surface area (Å²) in [5, 5.41) is 9.66. The number of aliphatic hydroxyl groups excluding tert-OH is 1. The molecule has 6 heteroatoms. The van der Waals surface area contributed by atoms with Crippen LogP contribution < -0.4 is 5.73 Å². The lowest BCUT2D eigenvalue weighted by Gasteiger charge is -1.96. The number of pyridine rings is 1. The third kappa shape index (κ3) is 1.62. The Morgan fingerprint density at radius 1 is 1.62 bits per heavy atom. The standard InChI is InChI=1S/C10H10N2O3S/c1-15-10(14)8-7(11)6-3-2-5(4-13)12-9(6)16-8/h2-3,13H,4,11H2,1H3. The van der Waals surface area contributed by atoms with Gasteiger partial charge < -0.3 is 15.6 Å². The lowest BCUT2D eigenvalue weighted by molar-refractivity contribution is 0.0607. The van der Waals surface area contributed by atoms with Crippen LogP contribution in [0.5, 0.6) is 0 Å². The molecule has 3 N–H and O–H groups in total. The van der Waals surface area contributed by atoms with E-state index in [0.717, 1.165) is 11.3 Å². The van der Waals surface area contributed by atoms with Gasteiger partial charge in [0.2, 0.25) is 0 Å². The van der Waals surface area contributed by atoms with Gasteiger partial charge in [-0.1, -0.05) is 0 Å². The second kappa shape index (κ2) is 4.07. The van der Waals surface area contributed by atoms with E-state index < -0.39 is 5.97 Å². The summed E-state index contributed by atoms with van der Waals surface area (Å²) in [7, 11) is 1.30. The normalized spacial score (nSPS) is 10.6. The predicted molar refractivity (Wildman–Crippen MR) is 61.3 cm³/mol. The van der Waals surface area contributed by atoms with Crippen molar-refractivity contribution in [2.45, 2.75) is 6.61 Å². The molecule has 0 aromatic carbocycles. The number of hydrogen-bond acceptors (Lipinski definition) is 6. The first-order chi connectivity index (χ1) is 7.67. The predicted octanol–water partition coefficient (Wildman–Crippen LogP) is 1.16. The van der Waals surface area contributed by atoms with Crippen LogP contribution in [-0.2, 0) is 11.3 Å². The first-order valence-electron chi connectivity index (χ1n) is 4.54. The monoisotopic (exact) mass is 238 g/mol. The van der Waals surface area contributed by atoms with Crippen LogP contribution in [0.15, 0.2) is 12.1 Å². The van der Waals surface area contributed by atoms with Gasteiger partial charge >= 0.3 is 5.97 Å². The lowest BCUT2D eigenvalue weighted by Crippen LogP contribution is -2.01. The molecule has 0 saturated carbocycles. The highest BCUT2D eigenvalue weighted by Crippen LogP contribution is 2.32. The molecule has 2 aromatic rings. The van der Waals surface area contributed by atoms with Crippen molar-refractivity contribution >= 4 is 33.2 Å². The van der Waals surface area contributed by atoms with Crippen molar-refractivity contribution in [3.8, 4) is 0 Å². The van der Waals surface area contributed by atoms with Gasteiger partial charge in [0, 0.05) is 5.39 Å². The smallest absolute Gasteiger partial charge is 0.350 e. The number of nitrogens with two attached hydrogens (primary N) is 1. The topological polar surface area (TPSA) is 85.4 Å². The number of nitrogens with zero attached hydrogens (tertiary/aromatic N) is 1. The van der Waals surface area contributed by atoms with Crippen molar-refractivity contribution in [2.24, 2.45) is 0 Å². The van der Waals surface area contributed by atoms with Gasteiger partial charge in [0.05, 0.1) is 25.1 Å². The largest absolute Gasteiger partial charge is 0.465 e. The van der Waals surface area contributed by atoms with Crippen LogP contribution in [0, 0.1) is 0 Å². The van der Waals surface area contributed by atoms with Gasteiger partial charge in [-0.05, 0) is 12.1 Å². The molecule has 16 heavy (non-hydrogen) atoms. The number of aliphatic hydroxyl groups is 1. The summed E-state index contributed by atoms with van der Waals surface area (Å²) >= 11 is 1.16. The summed E-state index contributed by atoms with van der Waals surface area (Å²) in [4.78, 5) is 16.5. The van der Waals surface area contributed by atoms with Gasteiger partial charge in [-0.15, -0.1) is 11.3 Å². The molecule has 0 aliphatic carbocycles. The van der Waals surface area contributed by atoms with Crippen LogP contribution >= 0.6 is 11.3 Å². The SMILES string of the molecule is COC(=O)c1sc2nc(CO)ccc2c1N. The van der Waals surface area contributed by atoms with E-state index in [4.69, 9.17) is 10.8 Å². The molecule has 0 atom stereocenters. The fraction of sp³-hybridized carbons (Fsp3) is 0.200. The second-order valence-electron chi connectivity index (χ2n) is 3.15. The number of thiophene rings is 1. The molecule has 2 aromatic heterocycles. The number of aromatic nitrogens is 1. The van der Waals surface area contributed by atoms with E-state index in [1.807, 2.05) is 0 Å². The minimum atomic E-state index is -0.467. The molecular weight excluding hydrogens is 228 g/mol. The van der Waals surface area contributed by atoms with E-state index in [0.29, 0.717) is 26.5 Å². The molecule has 0 aliphatic heterocycles. The Hall–Kier alpha value is -1.66. The summed E-state index contributed by atoms with van der Waals surface area (Å²) < 4.78 is 4.62. The van der Waals surface area contributed by atoms with E-state index >= 15 is 0 Å². The van der Waals surface area contributed by atoms with E-state index in [-0.39, 0.29) is 6.61 Å². The van der Waals surface area contributed by atoms with Crippen molar-refractivity contribution in [1.82, 2.24) is 4.98 Å². The Morgan fingerprint density at radius 2 is 2.38 bits per heavy atom. The molecule has 84 valence electrons. The van der Waals surface area contributed by atoms with Crippen LogP contribution in [0.25, 0.3) is 10.2 Å². The van der Waals surface area contributed by atoms with Crippen molar-refractivity contribution in [3.05, 3.63) is 22.7 Å². The van der Waals surface area contributed by atoms with Gasteiger partial charge in [0.25, 0.3) is 0 Å². The average molecular weight is 238 g/mol. The third-order valence-corrected chi connectivity index (χ3v) is 3.28. The molecule has 0 saturated heterocycles. The number of carbonyl (C=O) groups is 1. The zero-order valence-electron chi connectivity index (χ0n) is 8.56. The number of hydrogen-bond donors (Lipinski definition) is 2. The molecule has 2 rings (SSSR count). The van der Waals surface area contributed by atoms with Crippen LogP contribution in [-0.4, -0.2) is 23.2 Å². The molecule has 5 nitrogen and oxygen atoms in total. The van der Waals surface area contributed by atoms with Gasteiger partial charge in [0.1, 0.15) is 9.71 Å². The maximum atomic E-state index is 11.4. The highest BCUT2D eigenvalue weighted by Gasteiger charge is 2.17. The molecule has 0 unspecified atom stereocenters. The van der Waals surface area contributed by atoms with Gasteiger partial charge in [-0.3, -0.25) is 0 Å². The van der Waals surface area contributed by atoms with E-state index in [9.17, 15) is 4.79 Å². The zero-order chi connectivity index (χ0) is 11.7. The summed E-state index contributed by atoms with van der Waals surface area (Å²) in [5.41, 5.74) is 6.74. The number of nitrogen functional groups attached to an aromatic ring is 1. The minimum Gasteiger partial charge on any atom is -0.465 e. The number of anilines is 1. The first-order valence-corrected chi connectivity index (χ1v) is 5.36.